The largest absolute Gasteiger partial charge is 0.478 e. The number of nitrogens with one attached hydrogen (secondary N) is 1. The molecule has 1 saturated carbocycles. The molecule has 1 unspecified atom stereocenters. The normalized spacial score (nSPS) is 20.8. The van der Waals surface area contributed by atoms with Gasteiger partial charge >= 0.3 is 5.97 Å². The molecule has 128 valence electrons. The first-order valence-corrected chi connectivity index (χ1v) is 8.38. The summed E-state index contributed by atoms with van der Waals surface area (Å²) in [5.41, 5.74) is 0.487. The second-order valence-corrected chi connectivity index (χ2v) is 6.49. The molecule has 3 rings (SSSR count). The third kappa shape index (κ3) is 3.42. The van der Waals surface area contributed by atoms with Crippen molar-refractivity contribution in [2.24, 2.45) is 5.92 Å². The van der Waals surface area contributed by atoms with Gasteiger partial charge < -0.3 is 15.2 Å². The molecule has 1 aromatic rings. The third-order valence-electron chi connectivity index (χ3n) is 4.75. The van der Waals surface area contributed by atoms with Crippen LogP contribution in [0.1, 0.15) is 48.0 Å². The average molecular weight is 331 g/mol. The summed E-state index contributed by atoms with van der Waals surface area (Å²) in [6.45, 7) is 0.541. The summed E-state index contributed by atoms with van der Waals surface area (Å²) in [6, 6.07) is 4.63. The SMILES string of the molecule is O=C(O)c1cccc2c1OC(C(=O)NCC1CCCCC1)C(=O)C2. The van der Waals surface area contributed by atoms with Gasteiger partial charge in [0.25, 0.3) is 5.91 Å². The van der Waals surface area contributed by atoms with Gasteiger partial charge in [-0.2, -0.15) is 0 Å². The number of Topliss-reactive ketones (excluding diaryl/α,β-unsaturated/α-hetero) is 1. The van der Waals surface area contributed by atoms with E-state index in [0.717, 1.165) is 12.8 Å². The van der Waals surface area contributed by atoms with Crippen molar-refractivity contribution in [3.8, 4) is 5.75 Å². The first-order valence-electron chi connectivity index (χ1n) is 8.38. The van der Waals surface area contributed by atoms with Crippen LogP contribution in [0.2, 0.25) is 0 Å². The molecular formula is C18H21NO5. The summed E-state index contributed by atoms with van der Waals surface area (Å²) < 4.78 is 5.50. The molecule has 0 saturated heterocycles. The Morgan fingerprint density at radius 1 is 1.21 bits per heavy atom. The van der Waals surface area contributed by atoms with Gasteiger partial charge in [0, 0.05) is 18.5 Å². The van der Waals surface area contributed by atoms with Gasteiger partial charge in [-0.25, -0.2) is 4.79 Å². The maximum atomic E-state index is 12.3. The number of hydrogen-bond donors (Lipinski definition) is 2. The number of carbonyl (C=O) groups is 3. The lowest BCUT2D eigenvalue weighted by molar-refractivity contribution is -0.138. The Kier molecular flexibility index (Phi) is 4.83. The highest BCUT2D eigenvalue weighted by atomic mass is 16.5. The van der Waals surface area contributed by atoms with Crippen LogP contribution in [0.15, 0.2) is 18.2 Å². The molecule has 24 heavy (non-hydrogen) atoms. The number of hydrogen-bond acceptors (Lipinski definition) is 4. The van der Waals surface area contributed by atoms with E-state index in [1.165, 1.54) is 25.3 Å². The lowest BCUT2D eigenvalue weighted by atomic mass is 9.89. The van der Waals surface area contributed by atoms with Crippen LogP contribution in [0, 0.1) is 5.92 Å². The average Bonchev–Trinajstić information content (AvgIpc) is 2.59. The molecule has 1 aromatic carbocycles. The molecular weight excluding hydrogens is 310 g/mol. The molecule has 2 N–H and O–H groups in total. The Hall–Kier alpha value is -2.37. The molecule has 1 amide bonds. The number of amides is 1. The third-order valence-corrected chi connectivity index (χ3v) is 4.75. The van der Waals surface area contributed by atoms with Crippen LogP contribution in [0.4, 0.5) is 0 Å². The fourth-order valence-corrected chi connectivity index (χ4v) is 3.42. The van der Waals surface area contributed by atoms with Crippen molar-refractivity contribution in [3.63, 3.8) is 0 Å². The molecule has 1 atom stereocenters. The predicted molar refractivity (Wildman–Crippen MR) is 86.1 cm³/mol. The van der Waals surface area contributed by atoms with Gasteiger partial charge in [-0.05, 0) is 24.8 Å². The van der Waals surface area contributed by atoms with Crippen molar-refractivity contribution in [2.45, 2.75) is 44.6 Å². The molecule has 0 spiro atoms. The van der Waals surface area contributed by atoms with Crippen molar-refractivity contribution < 1.29 is 24.2 Å². The molecule has 6 heteroatoms. The Balaban J connectivity index is 1.69. The van der Waals surface area contributed by atoms with Gasteiger partial charge in [-0.3, -0.25) is 9.59 Å². The van der Waals surface area contributed by atoms with Crippen LogP contribution in [-0.2, 0) is 16.0 Å². The maximum absolute atomic E-state index is 12.3. The van der Waals surface area contributed by atoms with E-state index in [-0.39, 0.29) is 23.5 Å². The Morgan fingerprint density at radius 3 is 2.67 bits per heavy atom. The minimum absolute atomic E-state index is 0.0119. The van der Waals surface area contributed by atoms with E-state index in [1.807, 2.05) is 0 Å². The van der Waals surface area contributed by atoms with Crippen molar-refractivity contribution in [3.05, 3.63) is 29.3 Å². The van der Waals surface area contributed by atoms with E-state index in [2.05, 4.69) is 5.32 Å². The highest BCUT2D eigenvalue weighted by Gasteiger charge is 2.36. The number of para-hydroxylation sites is 1. The summed E-state index contributed by atoms with van der Waals surface area (Å²) in [5.74, 6) is -1.38. The minimum Gasteiger partial charge on any atom is -0.478 e. The van der Waals surface area contributed by atoms with Gasteiger partial charge in [0.15, 0.2) is 5.78 Å². The van der Waals surface area contributed by atoms with E-state index in [1.54, 1.807) is 12.1 Å². The number of carbonyl (C=O) groups excluding carboxylic acids is 2. The fraction of sp³-hybridized carbons (Fsp3) is 0.500. The smallest absolute Gasteiger partial charge is 0.339 e. The molecule has 1 aliphatic carbocycles. The second kappa shape index (κ2) is 7.03. The van der Waals surface area contributed by atoms with Crippen molar-refractivity contribution in [1.82, 2.24) is 5.32 Å². The van der Waals surface area contributed by atoms with Crippen molar-refractivity contribution in [1.29, 1.82) is 0 Å². The lowest BCUT2D eigenvalue weighted by Gasteiger charge is -2.27. The number of ether oxygens (including phenoxy) is 1. The van der Waals surface area contributed by atoms with Crippen LogP contribution in [0.3, 0.4) is 0 Å². The lowest BCUT2D eigenvalue weighted by Crippen LogP contribution is -2.48. The zero-order chi connectivity index (χ0) is 17.1. The van der Waals surface area contributed by atoms with E-state index in [9.17, 15) is 19.5 Å². The number of carboxylic acid groups (broad SMARTS) is 1. The number of rotatable bonds is 4. The van der Waals surface area contributed by atoms with Crippen LogP contribution >= 0.6 is 0 Å². The minimum atomic E-state index is -1.26. The zero-order valence-corrected chi connectivity index (χ0v) is 13.4. The number of ketones is 1. The van der Waals surface area contributed by atoms with Crippen molar-refractivity contribution >= 4 is 17.7 Å². The fourth-order valence-electron chi connectivity index (χ4n) is 3.42. The monoisotopic (exact) mass is 331 g/mol. The van der Waals surface area contributed by atoms with Crippen molar-refractivity contribution in [2.75, 3.05) is 6.54 Å². The number of benzene rings is 1. The van der Waals surface area contributed by atoms with Gasteiger partial charge in [0.1, 0.15) is 11.3 Å². The zero-order valence-electron chi connectivity index (χ0n) is 13.4. The Bertz CT molecular complexity index is 663. The molecule has 1 heterocycles. The number of fused-ring (bicyclic) bond motifs is 1. The molecule has 0 bridgehead atoms. The Morgan fingerprint density at radius 2 is 1.96 bits per heavy atom. The quantitative estimate of drug-likeness (QED) is 0.823. The summed E-state index contributed by atoms with van der Waals surface area (Å²) in [6.07, 6.45) is 4.52. The molecule has 0 radical (unpaired) electrons. The van der Waals surface area contributed by atoms with Gasteiger partial charge in [-0.15, -0.1) is 0 Å². The van der Waals surface area contributed by atoms with E-state index < -0.39 is 18.0 Å². The highest BCUT2D eigenvalue weighted by molar-refractivity contribution is 6.07. The number of aromatic carboxylic acids is 1. The van der Waals surface area contributed by atoms with Crippen LogP contribution in [0.5, 0.6) is 5.75 Å². The van der Waals surface area contributed by atoms with Crippen LogP contribution in [0.25, 0.3) is 0 Å². The molecule has 1 aliphatic heterocycles. The first-order chi connectivity index (χ1) is 11.6. The van der Waals surface area contributed by atoms with E-state index in [0.29, 0.717) is 18.0 Å². The van der Waals surface area contributed by atoms with Gasteiger partial charge in [0.05, 0.1) is 0 Å². The summed E-state index contributed by atoms with van der Waals surface area (Å²) in [7, 11) is 0. The molecule has 1 fully saturated rings. The van der Waals surface area contributed by atoms with Crippen LogP contribution in [-0.4, -0.2) is 35.4 Å². The first kappa shape index (κ1) is 16.5. The topological polar surface area (TPSA) is 92.7 Å². The van der Waals surface area contributed by atoms with E-state index in [4.69, 9.17) is 4.74 Å². The maximum Gasteiger partial charge on any atom is 0.339 e. The molecule has 2 aliphatic rings. The van der Waals surface area contributed by atoms with E-state index >= 15 is 0 Å². The van der Waals surface area contributed by atoms with Gasteiger partial charge in [-0.1, -0.05) is 31.4 Å². The molecule has 6 nitrogen and oxygen atoms in total. The summed E-state index contributed by atoms with van der Waals surface area (Å²) in [4.78, 5) is 35.8. The van der Waals surface area contributed by atoms with Gasteiger partial charge in [0.2, 0.25) is 6.10 Å². The predicted octanol–water partition coefficient (Wildman–Crippen LogP) is 1.95. The Labute approximate surface area is 140 Å². The summed E-state index contributed by atoms with van der Waals surface area (Å²) >= 11 is 0. The summed E-state index contributed by atoms with van der Waals surface area (Å²) in [5, 5.41) is 12.0. The van der Waals surface area contributed by atoms with Crippen LogP contribution < -0.4 is 10.1 Å². The number of carboxylic acids is 1. The highest BCUT2D eigenvalue weighted by Crippen LogP contribution is 2.30. The standard InChI is InChI=1S/C18H21NO5/c20-14-9-12-7-4-8-13(18(22)23)15(12)24-16(14)17(21)19-10-11-5-2-1-3-6-11/h4,7-8,11,16H,1-3,5-6,9-10H2,(H,19,21)(H,22,23). The second-order valence-electron chi connectivity index (χ2n) is 6.49. The molecule has 0 aromatic heterocycles.